The van der Waals surface area contributed by atoms with Gasteiger partial charge in [-0.3, -0.25) is 14.5 Å². The van der Waals surface area contributed by atoms with Crippen LogP contribution in [0.4, 0.5) is 0 Å². The lowest BCUT2D eigenvalue weighted by atomic mass is 9.96. The number of alkyl halides is 1. The zero-order valence-corrected chi connectivity index (χ0v) is 11.3. The Morgan fingerprint density at radius 2 is 2.33 bits per heavy atom. The van der Waals surface area contributed by atoms with E-state index in [0.29, 0.717) is 0 Å². The van der Waals surface area contributed by atoms with Crippen molar-refractivity contribution in [3.63, 3.8) is 0 Å². The van der Waals surface area contributed by atoms with Gasteiger partial charge in [0.1, 0.15) is 0 Å². The molecule has 0 saturated carbocycles. The third kappa shape index (κ3) is 1.53. The standard InChI is InChI=1S/C10H11ClN2O4S/c1-10(2)6(9(15)17-4-11)13-7(14)5(12-3)8(13)18(10)16/h5-6,8H,4H2,1-2H3/t5-,6+,8-,18?/m1/s1. The first-order valence-corrected chi connectivity index (χ1v) is 6.94. The van der Waals surface area contributed by atoms with Gasteiger partial charge in [0.05, 0.1) is 0 Å². The van der Waals surface area contributed by atoms with Crippen molar-refractivity contribution < 1.29 is 18.9 Å². The van der Waals surface area contributed by atoms with Crippen molar-refractivity contribution in [2.75, 3.05) is 6.07 Å². The molecular weight excluding hydrogens is 280 g/mol. The lowest BCUT2D eigenvalue weighted by molar-refractivity contribution is -0.160. The van der Waals surface area contributed by atoms with E-state index < -0.39 is 45.3 Å². The second kappa shape index (κ2) is 4.30. The predicted molar refractivity (Wildman–Crippen MR) is 63.8 cm³/mol. The van der Waals surface area contributed by atoms with Gasteiger partial charge in [0.15, 0.2) is 16.9 Å². The molecule has 0 bridgehead atoms. The monoisotopic (exact) mass is 290 g/mol. The van der Waals surface area contributed by atoms with Crippen molar-refractivity contribution in [3.8, 4) is 0 Å². The smallest absolute Gasteiger partial charge is 0.365 e. The van der Waals surface area contributed by atoms with Crippen molar-refractivity contribution in [2.45, 2.75) is 36.1 Å². The van der Waals surface area contributed by atoms with Gasteiger partial charge in [-0.05, 0) is 25.0 Å². The van der Waals surface area contributed by atoms with Crippen LogP contribution in [0.1, 0.15) is 13.8 Å². The summed E-state index contributed by atoms with van der Waals surface area (Å²) >= 11 is 3.85. The molecule has 2 aliphatic rings. The fourth-order valence-corrected chi connectivity index (χ4v) is 4.37. The summed E-state index contributed by atoms with van der Waals surface area (Å²) in [6, 6.07) is -2.21. The molecule has 0 radical (unpaired) electrons. The minimum absolute atomic E-state index is 0.322. The number of rotatable bonds is 2. The van der Waals surface area contributed by atoms with Gasteiger partial charge >= 0.3 is 17.9 Å². The average Bonchev–Trinajstić information content (AvgIpc) is 2.48. The number of fused-ring (bicyclic) bond motifs is 1. The lowest BCUT2D eigenvalue weighted by Crippen LogP contribution is -2.65. The Labute approximate surface area is 112 Å². The molecule has 0 N–H and O–H groups in total. The molecule has 2 rings (SSSR count). The summed E-state index contributed by atoms with van der Waals surface area (Å²) in [5.41, 5.74) is 0. The van der Waals surface area contributed by atoms with Crippen LogP contribution in [0.25, 0.3) is 4.85 Å². The van der Waals surface area contributed by atoms with Crippen LogP contribution in [0, 0.1) is 6.57 Å². The second-order valence-corrected chi connectivity index (χ2v) is 6.93. The number of hydrogen-bond acceptors (Lipinski definition) is 4. The summed E-state index contributed by atoms with van der Waals surface area (Å²) in [5.74, 6) is -1.15. The number of halogens is 1. The summed E-state index contributed by atoms with van der Waals surface area (Å²) in [5, 5.41) is -0.710. The van der Waals surface area contributed by atoms with Crippen molar-refractivity contribution in [1.82, 2.24) is 4.90 Å². The van der Waals surface area contributed by atoms with Gasteiger partial charge in [-0.15, -0.1) is 0 Å². The predicted octanol–water partition coefficient (Wildman–Crippen LogP) is 0.0916. The summed E-state index contributed by atoms with van der Waals surface area (Å²) in [7, 11) is 0. The van der Waals surface area contributed by atoms with Gasteiger partial charge in [-0.1, -0.05) is 11.6 Å². The van der Waals surface area contributed by atoms with Crippen LogP contribution < -0.4 is 0 Å². The van der Waals surface area contributed by atoms with Crippen LogP contribution in [0.15, 0.2) is 0 Å². The summed E-state index contributed by atoms with van der Waals surface area (Å²) in [4.78, 5) is 28.0. The largest absolute Gasteiger partial charge is 0.614 e. The van der Waals surface area contributed by atoms with Gasteiger partial charge in [0, 0.05) is 0 Å². The van der Waals surface area contributed by atoms with Crippen LogP contribution in [-0.2, 0) is 25.5 Å². The van der Waals surface area contributed by atoms with Gasteiger partial charge in [-0.2, -0.15) is 0 Å². The molecule has 4 atom stereocenters. The Morgan fingerprint density at radius 3 is 2.83 bits per heavy atom. The van der Waals surface area contributed by atoms with E-state index in [9.17, 15) is 14.1 Å². The number of nitrogens with zero attached hydrogens (tertiary/aromatic N) is 2. The van der Waals surface area contributed by atoms with Crippen LogP contribution >= 0.6 is 11.6 Å². The molecule has 0 aliphatic carbocycles. The maximum absolute atomic E-state index is 12.3. The van der Waals surface area contributed by atoms with E-state index in [4.69, 9.17) is 22.9 Å². The Kier molecular flexibility index (Phi) is 3.21. The molecule has 6 nitrogen and oxygen atoms in total. The van der Waals surface area contributed by atoms with E-state index in [1.807, 2.05) is 0 Å². The van der Waals surface area contributed by atoms with E-state index in [-0.39, 0.29) is 6.07 Å². The van der Waals surface area contributed by atoms with Gasteiger partial charge in [0.25, 0.3) is 5.37 Å². The first-order chi connectivity index (χ1) is 8.37. The average molecular weight is 291 g/mol. The minimum Gasteiger partial charge on any atom is -0.614 e. The highest BCUT2D eigenvalue weighted by molar-refractivity contribution is 7.94. The van der Waals surface area contributed by atoms with Gasteiger partial charge in [-0.25, -0.2) is 11.4 Å². The van der Waals surface area contributed by atoms with Crippen LogP contribution in [0.3, 0.4) is 0 Å². The molecular formula is C10H11ClN2O4S. The molecule has 0 aromatic heterocycles. The fourth-order valence-electron chi connectivity index (χ4n) is 2.37. The molecule has 0 aromatic carbocycles. The molecule has 2 fully saturated rings. The molecule has 2 heterocycles. The molecule has 1 unspecified atom stereocenters. The van der Waals surface area contributed by atoms with Crippen LogP contribution in [0.2, 0.25) is 0 Å². The third-order valence-electron chi connectivity index (χ3n) is 3.29. The number of carbonyl (C=O) groups is 2. The van der Waals surface area contributed by atoms with E-state index in [1.54, 1.807) is 13.8 Å². The van der Waals surface area contributed by atoms with Crippen molar-refractivity contribution in [1.29, 1.82) is 0 Å². The maximum atomic E-state index is 12.3. The van der Waals surface area contributed by atoms with E-state index in [2.05, 4.69) is 4.85 Å². The molecule has 0 aromatic rings. The topological polar surface area (TPSA) is 74.0 Å². The van der Waals surface area contributed by atoms with E-state index in [1.165, 1.54) is 4.90 Å². The number of hydrogen-bond donors (Lipinski definition) is 0. The van der Waals surface area contributed by atoms with Crippen molar-refractivity contribution in [2.24, 2.45) is 0 Å². The van der Waals surface area contributed by atoms with Crippen molar-refractivity contribution >= 4 is 34.7 Å². The number of β-lactam (4-membered cyclic amide) rings is 1. The normalized spacial score (nSPS) is 36.6. The Hall–Kier alpha value is -0.970. The summed E-state index contributed by atoms with van der Waals surface area (Å²) in [6.45, 7) is 10.2. The van der Waals surface area contributed by atoms with Gasteiger partial charge in [0.2, 0.25) is 0 Å². The Bertz CT molecular complexity index is 450. The van der Waals surface area contributed by atoms with Crippen LogP contribution in [-0.4, -0.2) is 49.6 Å². The number of amides is 1. The minimum atomic E-state index is -1.48. The number of carbonyl (C=O) groups excluding carboxylic acids is 2. The molecule has 18 heavy (non-hydrogen) atoms. The Morgan fingerprint density at radius 1 is 1.72 bits per heavy atom. The molecule has 2 saturated heterocycles. The van der Waals surface area contributed by atoms with E-state index in [0.717, 1.165) is 0 Å². The van der Waals surface area contributed by atoms with Gasteiger partial charge < -0.3 is 9.29 Å². The quantitative estimate of drug-likeness (QED) is 0.238. The zero-order valence-electron chi connectivity index (χ0n) is 9.75. The lowest BCUT2D eigenvalue weighted by Gasteiger charge is -2.33. The fraction of sp³-hybridized carbons (Fsp3) is 0.700. The SMILES string of the molecule is [C-]#[N+][C@@H]1C(=O)N2[C@@H]1[S+]([O-])C(C)(C)[C@@H]2C(=O)OCCl. The second-order valence-electron chi connectivity index (χ2n) is 4.59. The summed E-state index contributed by atoms with van der Waals surface area (Å²) in [6.07, 6.45) is 0. The highest BCUT2D eigenvalue weighted by Crippen LogP contribution is 2.47. The maximum Gasteiger partial charge on any atom is 0.365 e. The Balaban J connectivity index is 2.34. The molecule has 1 amide bonds. The summed E-state index contributed by atoms with van der Waals surface area (Å²) < 4.78 is 16.0. The molecule has 2 aliphatic heterocycles. The van der Waals surface area contributed by atoms with Crippen LogP contribution in [0.5, 0.6) is 0 Å². The van der Waals surface area contributed by atoms with E-state index >= 15 is 0 Å². The first-order valence-electron chi connectivity index (χ1n) is 5.20. The molecule has 98 valence electrons. The number of ether oxygens (including phenoxy) is 1. The first kappa shape index (κ1) is 13.5. The highest BCUT2D eigenvalue weighted by Gasteiger charge is 2.76. The highest BCUT2D eigenvalue weighted by atomic mass is 35.5. The molecule has 0 spiro atoms. The zero-order chi connectivity index (χ0) is 13.7. The van der Waals surface area contributed by atoms with Crippen molar-refractivity contribution in [3.05, 3.63) is 11.4 Å². The number of esters is 1. The third-order valence-corrected chi connectivity index (χ3v) is 5.58. The molecule has 8 heteroatoms.